The lowest BCUT2D eigenvalue weighted by Crippen LogP contribution is -2.42. The Morgan fingerprint density at radius 3 is 2.72 bits per heavy atom. The van der Waals surface area contributed by atoms with Gasteiger partial charge >= 0.3 is 0 Å². The van der Waals surface area contributed by atoms with Crippen molar-refractivity contribution in [2.24, 2.45) is 5.73 Å². The lowest BCUT2D eigenvalue weighted by molar-refractivity contribution is 0.0711. The highest BCUT2D eigenvalue weighted by molar-refractivity contribution is 5.97. The molecule has 1 aromatic rings. The fraction of sp³-hybridized carbons (Fsp3) is 0.462. The van der Waals surface area contributed by atoms with Crippen LogP contribution in [0, 0.1) is 0 Å². The number of hydrogen-bond donors (Lipinski definition) is 2. The molecular formula is C13H18N2O3. The van der Waals surface area contributed by atoms with Gasteiger partial charge in [0.2, 0.25) is 0 Å². The number of nitrogens with zero attached hydrogens (tertiary/aromatic N) is 1. The molecule has 0 unspecified atom stereocenters. The van der Waals surface area contributed by atoms with Gasteiger partial charge in [-0.05, 0) is 31.0 Å². The highest BCUT2D eigenvalue weighted by atomic mass is 16.5. The third-order valence-corrected chi connectivity index (χ3v) is 3.26. The molecule has 1 fully saturated rings. The molecule has 1 aromatic carbocycles. The van der Waals surface area contributed by atoms with Crippen LogP contribution in [-0.4, -0.2) is 42.2 Å². The fourth-order valence-corrected chi connectivity index (χ4v) is 2.09. The molecule has 0 bridgehead atoms. The molecule has 1 heterocycles. The molecule has 1 aliphatic rings. The van der Waals surface area contributed by atoms with E-state index in [2.05, 4.69) is 0 Å². The van der Waals surface area contributed by atoms with Gasteiger partial charge in [0.05, 0.1) is 12.7 Å². The van der Waals surface area contributed by atoms with Crippen LogP contribution in [0.15, 0.2) is 18.2 Å². The van der Waals surface area contributed by atoms with Crippen LogP contribution >= 0.6 is 0 Å². The second kappa shape index (κ2) is 5.27. The molecular weight excluding hydrogens is 232 g/mol. The predicted molar refractivity (Wildman–Crippen MR) is 67.8 cm³/mol. The molecule has 2 rings (SSSR count). The Kier molecular flexibility index (Phi) is 3.72. The smallest absolute Gasteiger partial charge is 0.257 e. The Labute approximate surface area is 106 Å². The summed E-state index contributed by atoms with van der Waals surface area (Å²) >= 11 is 0. The number of aromatic hydroxyl groups is 1. The Balaban J connectivity index is 2.17. The molecule has 1 saturated heterocycles. The number of amides is 1. The molecule has 0 spiro atoms. The van der Waals surface area contributed by atoms with E-state index in [9.17, 15) is 9.90 Å². The van der Waals surface area contributed by atoms with Crippen LogP contribution in [0.5, 0.6) is 11.5 Å². The number of likely N-dealkylation sites (tertiary alicyclic amines) is 1. The Morgan fingerprint density at radius 1 is 1.44 bits per heavy atom. The van der Waals surface area contributed by atoms with Gasteiger partial charge < -0.3 is 20.5 Å². The van der Waals surface area contributed by atoms with Crippen molar-refractivity contribution in [2.75, 3.05) is 20.2 Å². The largest absolute Gasteiger partial charge is 0.507 e. The average Bonchev–Trinajstić information content (AvgIpc) is 2.39. The van der Waals surface area contributed by atoms with Crippen molar-refractivity contribution in [1.82, 2.24) is 4.90 Å². The van der Waals surface area contributed by atoms with E-state index in [4.69, 9.17) is 10.5 Å². The molecule has 0 radical (unpaired) electrons. The van der Waals surface area contributed by atoms with Crippen molar-refractivity contribution in [3.05, 3.63) is 23.8 Å². The van der Waals surface area contributed by atoms with E-state index in [1.165, 1.54) is 13.2 Å². The van der Waals surface area contributed by atoms with Gasteiger partial charge in [-0.15, -0.1) is 0 Å². The van der Waals surface area contributed by atoms with Crippen LogP contribution in [0.2, 0.25) is 0 Å². The van der Waals surface area contributed by atoms with E-state index in [0.29, 0.717) is 18.8 Å². The van der Waals surface area contributed by atoms with Crippen LogP contribution in [0.3, 0.4) is 0 Å². The van der Waals surface area contributed by atoms with Crippen molar-refractivity contribution >= 4 is 5.91 Å². The molecule has 1 amide bonds. The zero-order valence-corrected chi connectivity index (χ0v) is 10.4. The molecule has 18 heavy (non-hydrogen) atoms. The van der Waals surface area contributed by atoms with Crippen molar-refractivity contribution in [3.8, 4) is 11.5 Å². The minimum absolute atomic E-state index is 0.0179. The Hall–Kier alpha value is -1.75. The number of nitrogens with two attached hydrogens (primary N) is 1. The number of methoxy groups -OCH3 is 1. The van der Waals surface area contributed by atoms with Gasteiger partial charge in [-0.3, -0.25) is 4.79 Å². The monoisotopic (exact) mass is 250 g/mol. The second-order valence-electron chi connectivity index (χ2n) is 4.51. The van der Waals surface area contributed by atoms with Crippen LogP contribution < -0.4 is 10.5 Å². The number of carbonyl (C=O) groups excluding carboxylic acids is 1. The highest BCUT2D eigenvalue weighted by Crippen LogP contribution is 2.25. The maximum atomic E-state index is 12.3. The zero-order chi connectivity index (χ0) is 13.1. The summed E-state index contributed by atoms with van der Waals surface area (Å²) in [5.74, 6) is 0.374. The van der Waals surface area contributed by atoms with Gasteiger partial charge in [0.15, 0.2) is 0 Å². The number of piperidine rings is 1. The molecule has 0 aromatic heterocycles. The Morgan fingerprint density at radius 2 is 2.11 bits per heavy atom. The Bertz CT molecular complexity index is 440. The first-order valence-corrected chi connectivity index (χ1v) is 6.03. The van der Waals surface area contributed by atoms with Gasteiger partial charge in [0, 0.05) is 19.1 Å². The maximum absolute atomic E-state index is 12.3. The molecule has 0 saturated carbocycles. The van der Waals surface area contributed by atoms with Gasteiger partial charge in [-0.25, -0.2) is 0 Å². The summed E-state index contributed by atoms with van der Waals surface area (Å²) in [5, 5.41) is 9.76. The number of benzene rings is 1. The van der Waals surface area contributed by atoms with E-state index in [1.807, 2.05) is 0 Å². The minimum atomic E-state index is -0.168. The fourth-order valence-electron chi connectivity index (χ4n) is 2.09. The summed E-state index contributed by atoms with van der Waals surface area (Å²) in [5.41, 5.74) is 6.09. The average molecular weight is 250 g/mol. The topological polar surface area (TPSA) is 75.8 Å². The van der Waals surface area contributed by atoms with E-state index in [1.54, 1.807) is 17.0 Å². The van der Waals surface area contributed by atoms with Gasteiger partial charge in [-0.1, -0.05) is 0 Å². The molecule has 1 aliphatic heterocycles. The number of phenolic OH excluding ortho intramolecular Hbond substituents is 1. The zero-order valence-electron chi connectivity index (χ0n) is 10.4. The van der Waals surface area contributed by atoms with Gasteiger partial charge in [-0.2, -0.15) is 0 Å². The lowest BCUT2D eigenvalue weighted by atomic mass is 10.0. The third kappa shape index (κ3) is 2.56. The third-order valence-electron chi connectivity index (χ3n) is 3.26. The summed E-state index contributed by atoms with van der Waals surface area (Å²) in [6.45, 7) is 1.27. The molecule has 3 N–H and O–H groups in total. The van der Waals surface area contributed by atoms with E-state index in [0.717, 1.165) is 12.8 Å². The highest BCUT2D eigenvalue weighted by Gasteiger charge is 2.23. The first kappa shape index (κ1) is 12.7. The van der Waals surface area contributed by atoms with Crippen molar-refractivity contribution in [2.45, 2.75) is 18.9 Å². The summed E-state index contributed by atoms with van der Waals surface area (Å²) in [6.07, 6.45) is 1.60. The normalized spacial score (nSPS) is 16.7. The SMILES string of the molecule is COc1ccc(O)c(C(=O)N2CCC(N)CC2)c1. The lowest BCUT2D eigenvalue weighted by Gasteiger charge is -2.30. The maximum Gasteiger partial charge on any atom is 0.257 e. The van der Waals surface area contributed by atoms with Crippen LogP contribution in [0.4, 0.5) is 0 Å². The van der Waals surface area contributed by atoms with Crippen molar-refractivity contribution < 1.29 is 14.6 Å². The number of ether oxygens (including phenoxy) is 1. The summed E-state index contributed by atoms with van der Waals surface area (Å²) in [6, 6.07) is 4.83. The standard InChI is InChI=1S/C13H18N2O3/c1-18-10-2-3-12(16)11(8-10)13(17)15-6-4-9(14)5-7-15/h2-3,8-9,16H,4-7,14H2,1H3. The van der Waals surface area contributed by atoms with Crippen molar-refractivity contribution in [3.63, 3.8) is 0 Å². The van der Waals surface area contributed by atoms with Crippen LogP contribution in [0.25, 0.3) is 0 Å². The predicted octanol–water partition coefficient (Wildman–Crippen LogP) is 0.964. The number of rotatable bonds is 2. The molecule has 98 valence electrons. The number of phenols is 1. The summed E-state index contributed by atoms with van der Waals surface area (Å²) < 4.78 is 5.06. The molecule has 0 aliphatic carbocycles. The van der Waals surface area contributed by atoms with Crippen LogP contribution in [0.1, 0.15) is 23.2 Å². The summed E-state index contributed by atoms with van der Waals surface area (Å²) in [7, 11) is 1.53. The van der Waals surface area contributed by atoms with Crippen molar-refractivity contribution in [1.29, 1.82) is 0 Å². The van der Waals surface area contributed by atoms with E-state index >= 15 is 0 Å². The minimum Gasteiger partial charge on any atom is -0.507 e. The van der Waals surface area contributed by atoms with Gasteiger partial charge in [0.1, 0.15) is 11.5 Å². The van der Waals surface area contributed by atoms with E-state index < -0.39 is 0 Å². The number of hydrogen-bond acceptors (Lipinski definition) is 4. The van der Waals surface area contributed by atoms with Crippen LogP contribution in [-0.2, 0) is 0 Å². The second-order valence-corrected chi connectivity index (χ2v) is 4.51. The summed E-state index contributed by atoms with van der Waals surface area (Å²) in [4.78, 5) is 14.0. The van der Waals surface area contributed by atoms with E-state index in [-0.39, 0.29) is 23.3 Å². The quantitative estimate of drug-likeness (QED) is 0.820. The van der Waals surface area contributed by atoms with Gasteiger partial charge in [0.25, 0.3) is 5.91 Å². The number of carbonyl (C=O) groups is 1. The molecule has 0 atom stereocenters. The first-order chi connectivity index (χ1) is 8.61. The molecule has 5 nitrogen and oxygen atoms in total. The molecule has 5 heteroatoms. The first-order valence-electron chi connectivity index (χ1n) is 6.03.